The molecule has 0 spiro atoms. The topological polar surface area (TPSA) is 92.7 Å². The average molecular weight is 397 g/mol. The summed E-state index contributed by atoms with van der Waals surface area (Å²) in [6.45, 7) is 1.29. The van der Waals surface area contributed by atoms with Gasteiger partial charge < -0.3 is 23.7 Å². The average Bonchev–Trinajstić information content (AvgIpc) is 3.07. The maximum atomic E-state index is 12.3. The van der Waals surface area contributed by atoms with E-state index >= 15 is 0 Å². The van der Waals surface area contributed by atoms with Gasteiger partial charge in [-0.05, 0) is 42.0 Å². The van der Waals surface area contributed by atoms with Gasteiger partial charge in [-0.2, -0.15) is 0 Å². The van der Waals surface area contributed by atoms with Gasteiger partial charge in [0.15, 0.2) is 28.7 Å². The van der Waals surface area contributed by atoms with E-state index in [1.165, 1.54) is 34.3 Å². The minimum atomic E-state index is -0.598. The highest BCUT2D eigenvalue weighted by atomic mass is 16.6. The number of nitrogens with zero attached hydrogens (tertiary/aromatic N) is 1. The molecule has 2 aromatic carbocycles. The fourth-order valence-corrected chi connectivity index (χ4v) is 2.68. The van der Waals surface area contributed by atoms with Crippen molar-refractivity contribution < 1.29 is 33.3 Å². The van der Waals surface area contributed by atoms with Crippen LogP contribution in [0.15, 0.2) is 47.1 Å². The molecule has 0 saturated heterocycles. The highest BCUT2D eigenvalue weighted by molar-refractivity contribution is 6.13. The zero-order valence-corrected chi connectivity index (χ0v) is 16.3. The van der Waals surface area contributed by atoms with E-state index in [2.05, 4.69) is 4.99 Å². The fourth-order valence-electron chi connectivity index (χ4n) is 2.68. The van der Waals surface area contributed by atoms with Crippen molar-refractivity contribution in [3.63, 3.8) is 0 Å². The summed E-state index contributed by atoms with van der Waals surface area (Å²) in [4.78, 5) is 27.8. The molecule has 0 atom stereocenters. The third-order valence-electron chi connectivity index (χ3n) is 4.00. The molecule has 0 unspecified atom stereocenters. The van der Waals surface area contributed by atoms with Crippen LogP contribution >= 0.6 is 0 Å². The molecular formula is C21H19NO7. The smallest absolute Gasteiger partial charge is 0.363 e. The van der Waals surface area contributed by atoms with Crippen molar-refractivity contribution in [2.24, 2.45) is 4.99 Å². The first kappa shape index (κ1) is 19.9. The highest BCUT2D eigenvalue weighted by Gasteiger charge is 2.25. The van der Waals surface area contributed by atoms with Crippen molar-refractivity contribution >= 4 is 23.9 Å². The number of hydrogen-bond donors (Lipinski definition) is 0. The molecule has 1 heterocycles. The van der Waals surface area contributed by atoms with Crippen LogP contribution in [0.5, 0.6) is 23.0 Å². The largest absolute Gasteiger partial charge is 0.493 e. The van der Waals surface area contributed by atoms with Gasteiger partial charge in [-0.25, -0.2) is 9.79 Å². The second-order valence-electron chi connectivity index (χ2n) is 5.91. The number of carbonyl (C=O) groups excluding carboxylic acids is 2. The van der Waals surface area contributed by atoms with E-state index < -0.39 is 11.9 Å². The number of esters is 2. The number of ether oxygens (including phenoxy) is 5. The molecule has 0 bridgehead atoms. The van der Waals surface area contributed by atoms with Crippen LogP contribution < -0.4 is 18.9 Å². The van der Waals surface area contributed by atoms with Crippen LogP contribution in [0.4, 0.5) is 0 Å². The first-order valence-electron chi connectivity index (χ1n) is 8.56. The first-order chi connectivity index (χ1) is 13.9. The van der Waals surface area contributed by atoms with E-state index in [9.17, 15) is 9.59 Å². The normalized spacial score (nSPS) is 14.3. The molecule has 29 heavy (non-hydrogen) atoms. The third-order valence-corrected chi connectivity index (χ3v) is 4.00. The summed E-state index contributed by atoms with van der Waals surface area (Å²) in [5.41, 5.74) is 1.26. The van der Waals surface area contributed by atoms with Crippen LogP contribution in [-0.2, 0) is 14.3 Å². The van der Waals surface area contributed by atoms with Gasteiger partial charge in [-0.3, -0.25) is 4.79 Å². The minimum Gasteiger partial charge on any atom is -0.493 e. The number of aliphatic imine (C=N–C) groups is 1. The molecule has 0 N–H and O–H groups in total. The van der Waals surface area contributed by atoms with Crippen molar-refractivity contribution in [1.82, 2.24) is 0 Å². The fraction of sp³-hybridized carbons (Fsp3) is 0.190. The molecule has 0 saturated carbocycles. The molecular weight excluding hydrogens is 378 g/mol. The summed E-state index contributed by atoms with van der Waals surface area (Å²) in [5, 5.41) is 0. The quantitative estimate of drug-likeness (QED) is 0.420. The Balaban J connectivity index is 1.94. The van der Waals surface area contributed by atoms with Crippen molar-refractivity contribution in [3.05, 3.63) is 53.2 Å². The third kappa shape index (κ3) is 4.37. The summed E-state index contributed by atoms with van der Waals surface area (Å²) in [6.07, 6.45) is 1.53. The molecule has 0 radical (unpaired) electrons. The van der Waals surface area contributed by atoms with Crippen LogP contribution in [0, 0.1) is 0 Å². The lowest BCUT2D eigenvalue weighted by atomic mass is 10.1. The summed E-state index contributed by atoms with van der Waals surface area (Å²) in [6, 6.07) is 9.98. The van der Waals surface area contributed by atoms with Gasteiger partial charge in [0.25, 0.3) is 0 Å². The Kier molecular flexibility index (Phi) is 5.82. The highest BCUT2D eigenvalue weighted by Crippen LogP contribution is 2.31. The summed E-state index contributed by atoms with van der Waals surface area (Å²) >= 11 is 0. The molecule has 8 heteroatoms. The summed E-state index contributed by atoms with van der Waals surface area (Å²) in [5.74, 6) is 0.740. The Labute approximate surface area is 167 Å². The molecule has 0 amide bonds. The number of cyclic esters (lactones) is 1. The lowest BCUT2D eigenvalue weighted by molar-refractivity contribution is -0.132. The van der Waals surface area contributed by atoms with Crippen LogP contribution in [0.2, 0.25) is 0 Å². The molecule has 0 fully saturated rings. The minimum absolute atomic E-state index is 0.105. The van der Waals surface area contributed by atoms with Gasteiger partial charge >= 0.3 is 11.9 Å². The van der Waals surface area contributed by atoms with Crippen molar-refractivity contribution in [2.75, 3.05) is 21.3 Å². The molecule has 1 aliphatic heterocycles. The SMILES string of the molecule is COc1ccc(C2=N/C(=C\c3ccc(OC)c(OC(C)=O)c3)C(=O)O2)cc1OC. The standard InChI is InChI=1S/C21H19NO7/c1-12(23)28-19-10-13(5-7-17(19)26-3)9-15-21(24)29-20(22-15)14-6-8-16(25-2)18(11-14)27-4/h5-11H,1-4H3/b15-9-. The van der Waals surface area contributed by atoms with Crippen molar-refractivity contribution in [2.45, 2.75) is 6.92 Å². The Morgan fingerprint density at radius 3 is 2.24 bits per heavy atom. The Bertz CT molecular complexity index is 1020. The number of methoxy groups -OCH3 is 3. The monoisotopic (exact) mass is 397 g/mol. The van der Waals surface area contributed by atoms with Gasteiger partial charge in [0, 0.05) is 12.5 Å². The predicted molar refractivity (Wildman–Crippen MR) is 104 cm³/mol. The Hall–Kier alpha value is -3.81. The van der Waals surface area contributed by atoms with E-state index in [-0.39, 0.29) is 17.3 Å². The van der Waals surface area contributed by atoms with Crippen molar-refractivity contribution in [3.8, 4) is 23.0 Å². The maximum Gasteiger partial charge on any atom is 0.363 e. The van der Waals surface area contributed by atoms with Gasteiger partial charge in [0.1, 0.15) is 0 Å². The van der Waals surface area contributed by atoms with E-state index in [0.717, 1.165) is 0 Å². The van der Waals surface area contributed by atoms with Crippen LogP contribution in [0.25, 0.3) is 6.08 Å². The summed E-state index contributed by atoms with van der Waals surface area (Å²) < 4.78 is 26.1. The van der Waals surface area contributed by atoms with Gasteiger partial charge in [0.05, 0.1) is 21.3 Å². The Morgan fingerprint density at radius 1 is 0.931 bits per heavy atom. The zero-order chi connectivity index (χ0) is 21.0. The second-order valence-corrected chi connectivity index (χ2v) is 5.91. The van der Waals surface area contributed by atoms with Crippen LogP contribution in [-0.4, -0.2) is 39.2 Å². The Morgan fingerprint density at radius 2 is 1.59 bits per heavy atom. The molecule has 3 rings (SSSR count). The van der Waals surface area contributed by atoms with E-state index in [1.54, 1.807) is 36.4 Å². The number of carbonyl (C=O) groups is 2. The maximum absolute atomic E-state index is 12.3. The summed E-state index contributed by atoms with van der Waals surface area (Å²) in [7, 11) is 4.51. The van der Waals surface area contributed by atoms with Crippen LogP contribution in [0.1, 0.15) is 18.1 Å². The first-order valence-corrected chi connectivity index (χ1v) is 8.56. The van der Waals surface area contributed by atoms with E-state index in [1.807, 2.05) is 0 Å². The lowest BCUT2D eigenvalue weighted by Crippen LogP contribution is -2.06. The van der Waals surface area contributed by atoms with Gasteiger partial charge in [0.2, 0.25) is 5.90 Å². The number of benzene rings is 2. The molecule has 1 aliphatic rings. The van der Waals surface area contributed by atoms with E-state index in [0.29, 0.717) is 28.4 Å². The lowest BCUT2D eigenvalue weighted by Gasteiger charge is -2.08. The zero-order valence-electron chi connectivity index (χ0n) is 16.3. The van der Waals surface area contributed by atoms with Gasteiger partial charge in [-0.1, -0.05) is 6.07 Å². The van der Waals surface area contributed by atoms with Crippen molar-refractivity contribution in [1.29, 1.82) is 0 Å². The van der Waals surface area contributed by atoms with E-state index in [4.69, 9.17) is 23.7 Å². The molecule has 150 valence electrons. The molecule has 8 nitrogen and oxygen atoms in total. The van der Waals surface area contributed by atoms with Gasteiger partial charge in [-0.15, -0.1) is 0 Å². The predicted octanol–water partition coefficient (Wildman–Crippen LogP) is 2.98. The molecule has 0 aromatic heterocycles. The number of hydrogen-bond acceptors (Lipinski definition) is 8. The molecule has 0 aliphatic carbocycles. The second kappa shape index (κ2) is 8.47. The van der Waals surface area contributed by atoms with Crippen LogP contribution in [0.3, 0.4) is 0 Å². The number of rotatable bonds is 6. The molecule has 2 aromatic rings.